The number of nitrogens with zero attached hydrogens (tertiary/aromatic N) is 2. The molecule has 7 aromatic rings. The highest BCUT2D eigenvalue weighted by atomic mass is 16.5. The fourth-order valence-electron chi connectivity index (χ4n) is 10.1. The van der Waals surface area contributed by atoms with E-state index in [1.165, 1.54) is 24.3 Å². The van der Waals surface area contributed by atoms with E-state index in [0.717, 1.165) is 141 Å². The van der Waals surface area contributed by atoms with Gasteiger partial charge in [0.05, 0.1) is 49.2 Å². The molecule has 0 unspecified atom stereocenters. The quantitative estimate of drug-likeness (QED) is 0.0307. The van der Waals surface area contributed by atoms with Crippen molar-refractivity contribution in [1.29, 1.82) is 0 Å². The van der Waals surface area contributed by atoms with Crippen LogP contribution in [0.3, 0.4) is 0 Å². The van der Waals surface area contributed by atoms with Gasteiger partial charge in [0.25, 0.3) is 0 Å². The van der Waals surface area contributed by atoms with Crippen LogP contribution in [-0.2, 0) is 19.2 Å². The lowest BCUT2D eigenvalue weighted by molar-refractivity contribution is -0.115. The minimum atomic E-state index is 0.0291. The number of carbonyl (C=O) groups is 4. The van der Waals surface area contributed by atoms with Crippen molar-refractivity contribution in [2.24, 2.45) is 0 Å². The van der Waals surface area contributed by atoms with E-state index < -0.39 is 0 Å². The van der Waals surface area contributed by atoms with Gasteiger partial charge in [-0.2, -0.15) is 0 Å². The van der Waals surface area contributed by atoms with Crippen molar-refractivity contribution in [3.8, 4) is 67.5 Å². The highest BCUT2D eigenvalue weighted by Gasteiger charge is 2.20. The minimum absolute atomic E-state index is 0.0291. The van der Waals surface area contributed by atoms with Crippen LogP contribution in [0, 0.1) is 0 Å². The molecular formula is C72H70N4O8. The summed E-state index contributed by atoms with van der Waals surface area (Å²) < 4.78 is 24.6. The molecule has 2 aliphatic heterocycles. The number of aromatic amines is 2. The van der Waals surface area contributed by atoms with Crippen molar-refractivity contribution in [2.75, 3.05) is 26.4 Å². The summed E-state index contributed by atoms with van der Waals surface area (Å²) in [5.74, 6) is 2.98. The van der Waals surface area contributed by atoms with Crippen LogP contribution >= 0.6 is 0 Å². The van der Waals surface area contributed by atoms with E-state index in [9.17, 15) is 19.2 Å². The van der Waals surface area contributed by atoms with Gasteiger partial charge in [-0.3, -0.25) is 19.2 Å². The second kappa shape index (κ2) is 29.3. The zero-order valence-corrected chi connectivity index (χ0v) is 47.5. The number of allylic oxidation sites excluding steroid dienone is 4. The van der Waals surface area contributed by atoms with Gasteiger partial charge in [0.15, 0.2) is 23.1 Å². The summed E-state index contributed by atoms with van der Waals surface area (Å²) in [5, 5.41) is 0. The first-order valence-electron chi connectivity index (χ1n) is 28.8. The van der Waals surface area contributed by atoms with Crippen molar-refractivity contribution < 1.29 is 38.1 Å². The maximum atomic E-state index is 11.8. The molecule has 3 aromatic heterocycles. The number of ketones is 4. The Balaban J connectivity index is 1.19. The molecule has 4 aromatic carbocycles. The van der Waals surface area contributed by atoms with Crippen molar-refractivity contribution in [1.82, 2.24) is 19.9 Å². The number of H-pyrrole nitrogens is 2. The smallest absolute Gasteiger partial charge is 0.155 e. The number of ether oxygens (including phenoxy) is 4. The van der Waals surface area contributed by atoms with Crippen LogP contribution in [0.25, 0.3) is 90.9 Å². The maximum absolute atomic E-state index is 11.8. The van der Waals surface area contributed by atoms with Gasteiger partial charge in [-0.05, 0) is 195 Å². The van der Waals surface area contributed by atoms with Crippen molar-refractivity contribution in [2.45, 2.75) is 77.0 Å². The molecule has 0 saturated carbocycles. The number of hydrogen-bond donors (Lipinski definition) is 2. The molecule has 12 nitrogen and oxygen atoms in total. The lowest BCUT2D eigenvalue weighted by Crippen LogP contribution is -1.99. The predicted molar refractivity (Wildman–Crippen MR) is 339 cm³/mol. The molecule has 2 aliphatic rings. The van der Waals surface area contributed by atoms with Crippen LogP contribution in [-0.4, -0.2) is 69.5 Å². The first-order valence-corrected chi connectivity index (χ1v) is 28.8. The fraction of sp³-hybridized carbons (Fsp3) is 0.222. The Hall–Kier alpha value is -9.68. The monoisotopic (exact) mass is 1120 g/mol. The first-order chi connectivity index (χ1) is 41.1. The number of unbranched alkanes of at least 4 members (excludes halogenated alkanes) is 4. The molecule has 0 spiro atoms. The van der Waals surface area contributed by atoms with Gasteiger partial charge in [-0.25, -0.2) is 9.97 Å². The number of benzene rings is 4. The summed E-state index contributed by atoms with van der Waals surface area (Å²) in [6, 6.07) is 40.5. The SMILES string of the molecule is C=CC(=O)CCCCOc1ccc(-c2c3nc(c(-c4ccc(OCCCCC(=O)C=C)cc4)c4ccc([nH]4)c(-c4ccc(OCCCCC(=O)C=C)cc4)c4nc(c(-c5ccc(OCCCCC(=O)C=C)cc5)c5ccc2[nH]5)C=C4)C=C3)cc1. The number of rotatable bonds is 32. The summed E-state index contributed by atoms with van der Waals surface area (Å²) in [5.41, 5.74) is 13.5. The van der Waals surface area contributed by atoms with E-state index in [2.05, 4.69) is 84.9 Å². The maximum Gasteiger partial charge on any atom is 0.155 e. The number of carbonyl (C=O) groups excluding carboxylic acids is 4. The van der Waals surface area contributed by atoms with Gasteiger partial charge in [0, 0.05) is 70.0 Å². The molecule has 0 fully saturated rings. The number of fused-ring (bicyclic) bond motifs is 8. The van der Waals surface area contributed by atoms with E-state index in [4.69, 9.17) is 28.9 Å². The summed E-state index contributed by atoms with van der Waals surface area (Å²) in [4.78, 5) is 65.9. The number of aromatic nitrogens is 4. The standard InChI is InChI=1S/C72H70N4O8/c1-5-53(77)17-9-13-45-81-57-29-21-49(22-30-57)69-61-37-39-63(73-61)70(50-23-31-58(32-24-50)82-46-14-10-18-54(78)6-2)65-41-43-67(75-65)72(52-27-35-60(36-28-52)84-48-16-12-20-56(80)8-4)68-44-42-66(76-68)71(64-40-38-62(69)74-64)51-25-33-59(34-26-51)83-47-15-11-19-55(79)7-3/h5-8,21-44,73,76H,1-4,9-20,45-48H2. The number of hydrogen-bond acceptors (Lipinski definition) is 10. The van der Waals surface area contributed by atoms with Crippen molar-refractivity contribution in [3.63, 3.8) is 0 Å². The molecule has 12 heteroatoms. The molecule has 0 radical (unpaired) electrons. The largest absolute Gasteiger partial charge is 0.494 e. The van der Waals surface area contributed by atoms with Gasteiger partial charge < -0.3 is 28.9 Å². The van der Waals surface area contributed by atoms with Crippen LogP contribution in [0.2, 0.25) is 0 Å². The van der Waals surface area contributed by atoms with Crippen LogP contribution in [0.15, 0.2) is 172 Å². The highest BCUT2D eigenvalue weighted by molar-refractivity contribution is 6.00. The molecule has 9 rings (SSSR count). The second-order valence-electron chi connectivity index (χ2n) is 20.5. The van der Waals surface area contributed by atoms with Crippen molar-refractivity contribution >= 4 is 69.5 Å². The zero-order chi connectivity index (χ0) is 58.6. The molecule has 0 atom stereocenters. The van der Waals surface area contributed by atoms with Gasteiger partial charge >= 0.3 is 0 Å². The van der Waals surface area contributed by atoms with Gasteiger partial charge in [-0.15, -0.1) is 0 Å². The highest BCUT2D eigenvalue weighted by Crippen LogP contribution is 2.40. The number of nitrogens with one attached hydrogen (secondary N) is 2. The fourth-order valence-corrected chi connectivity index (χ4v) is 10.1. The molecule has 84 heavy (non-hydrogen) atoms. The lowest BCUT2D eigenvalue weighted by atomic mass is 10.0. The minimum Gasteiger partial charge on any atom is -0.494 e. The molecule has 8 bridgehead atoms. The summed E-state index contributed by atoms with van der Waals surface area (Å²) in [6.45, 7) is 16.2. The van der Waals surface area contributed by atoms with E-state index in [-0.39, 0.29) is 23.1 Å². The van der Waals surface area contributed by atoms with E-state index >= 15 is 0 Å². The summed E-state index contributed by atoms with van der Waals surface area (Å²) in [7, 11) is 0. The Morgan fingerprint density at radius 2 is 0.536 bits per heavy atom. The Morgan fingerprint density at radius 3 is 0.738 bits per heavy atom. The topological polar surface area (TPSA) is 163 Å². The average molecular weight is 1120 g/mol. The molecular weight excluding hydrogens is 1050 g/mol. The molecule has 0 saturated heterocycles. The summed E-state index contributed by atoms with van der Waals surface area (Å²) >= 11 is 0. The molecule has 0 aliphatic carbocycles. The van der Waals surface area contributed by atoms with Crippen LogP contribution in [0.1, 0.15) is 99.8 Å². The van der Waals surface area contributed by atoms with Gasteiger partial charge in [-0.1, -0.05) is 74.8 Å². The Kier molecular flexibility index (Phi) is 20.6. The average Bonchev–Trinajstić information content (AvgIpc) is 4.51. The molecule has 2 N–H and O–H groups in total. The Bertz CT molecular complexity index is 3280. The third-order valence-corrected chi connectivity index (χ3v) is 14.6. The predicted octanol–water partition coefficient (Wildman–Crippen LogP) is 16.5. The van der Waals surface area contributed by atoms with Gasteiger partial charge in [0.1, 0.15) is 23.0 Å². The van der Waals surface area contributed by atoms with Crippen molar-refractivity contribution in [3.05, 3.63) is 195 Å². The zero-order valence-electron chi connectivity index (χ0n) is 47.5. The molecule has 426 valence electrons. The summed E-state index contributed by atoms with van der Waals surface area (Å²) in [6.07, 6.45) is 21.3. The third kappa shape index (κ3) is 15.4. The molecule has 5 heterocycles. The van der Waals surface area contributed by atoms with E-state index in [0.29, 0.717) is 75.1 Å². The van der Waals surface area contributed by atoms with Crippen LogP contribution in [0.4, 0.5) is 0 Å². The normalized spacial score (nSPS) is 11.4. The van der Waals surface area contributed by atoms with E-state index in [1.807, 2.05) is 97.1 Å². The van der Waals surface area contributed by atoms with Crippen LogP contribution < -0.4 is 18.9 Å². The Morgan fingerprint density at radius 1 is 0.321 bits per heavy atom. The van der Waals surface area contributed by atoms with Gasteiger partial charge in [0.2, 0.25) is 0 Å². The molecule has 0 amide bonds. The van der Waals surface area contributed by atoms with Crippen LogP contribution in [0.5, 0.6) is 23.0 Å². The lowest BCUT2D eigenvalue weighted by Gasteiger charge is -2.10. The van der Waals surface area contributed by atoms with E-state index in [1.54, 1.807) is 0 Å². The first kappa shape index (κ1) is 59.0. The second-order valence-corrected chi connectivity index (χ2v) is 20.5. The Labute approximate surface area is 491 Å². The third-order valence-electron chi connectivity index (χ3n) is 14.6.